The van der Waals surface area contributed by atoms with E-state index in [0.29, 0.717) is 11.4 Å². The van der Waals surface area contributed by atoms with Crippen molar-refractivity contribution in [3.8, 4) is 5.69 Å². The van der Waals surface area contributed by atoms with Gasteiger partial charge in [-0.3, -0.25) is 4.79 Å². The van der Waals surface area contributed by atoms with Gasteiger partial charge in [0, 0.05) is 11.9 Å². The number of ether oxygens (including phenoxy) is 1. The summed E-state index contributed by atoms with van der Waals surface area (Å²) in [6.45, 7) is 6.86. The summed E-state index contributed by atoms with van der Waals surface area (Å²) >= 11 is 0. The second kappa shape index (κ2) is 6.30. The molecular weight excluding hydrogens is 321 g/mol. The molecule has 1 aromatic carbocycles. The van der Waals surface area contributed by atoms with Crippen molar-refractivity contribution in [2.75, 3.05) is 0 Å². The average molecular weight is 340 g/mol. The van der Waals surface area contributed by atoms with E-state index in [-0.39, 0.29) is 12.0 Å². The minimum absolute atomic E-state index is 0.234. The Hall–Kier alpha value is -2.31. The highest BCUT2D eigenvalue weighted by Gasteiger charge is 2.31. The average Bonchev–Trinajstić information content (AvgIpc) is 2.81. The predicted octanol–water partition coefficient (Wildman–Crippen LogP) is 4.08. The number of carbonyl (C=O) groups is 1. The molecule has 2 rings (SSSR count). The first-order valence-electron chi connectivity index (χ1n) is 7.38. The highest BCUT2D eigenvalue weighted by molar-refractivity contribution is 5.73. The van der Waals surface area contributed by atoms with Gasteiger partial charge in [0.05, 0.1) is 24.0 Å². The zero-order valence-electron chi connectivity index (χ0n) is 13.9. The highest BCUT2D eigenvalue weighted by atomic mass is 19.4. The van der Waals surface area contributed by atoms with Gasteiger partial charge in [-0.05, 0) is 51.5 Å². The Morgan fingerprint density at radius 2 is 1.88 bits per heavy atom. The zero-order chi connectivity index (χ0) is 18.1. The number of aryl methyl sites for hydroxylation is 1. The van der Waals surface area contributed by atoms with Crippen molar-refractivity contribution in [1.82, 2.24) is 9.55 Å². The molecule has 7 heteroatoms. The summed E-state index contributed by atoms with van der Waals surface area (Å²) in [4.78, 5) is 15.9. The Morgan fingerprint density at radius 3 is 2.38 bits per heavy atom. The van der Waals surface area contributed by atoms with Crippen LogP contribution in [0.1, 0.15) is 37.6 Å². The Kier molecular flexibility index (Phi) is 4.73. The van der Waals surface area contributed by atoms with Gasteiger partial charge < -0.3 is 9.30 Å². The normalized spacial score (nSPS) is 12.3. The number of nitrogens with zero attached hydrogens (tertiary/aromatic N) is 2. The molecule has 0 spiro atoms. The first-order valence-corrected chi connectivity index (χ1v) is 7.38. The van der Waals surface area contributed by atoms with Gasteiger partial charge in [0.15, 0.2) is 0 Å². The number of halogens is 3. The molecule has 0 saturated heterocycles. The molecule has 0 bridgehead atoms. The standard InChI is InChI=1S/C17H19F3N2O2/c1-11-9-22(10-21-11)14-6-12(5-13(8-14)17(18,19)20)7-15(23)24-16(2,3)4/h5-6,8-10H,7H2,1-4H3. The van der Waals surface area contributed by atoms with Gasteiger partial charge in [-0.25, -0.2) is 4.98 Å². The van der Waals surface area contributed by atoms with E-state index in [4.69, 9.17) is 4.74 Å². The number of aromatic nitrogens is 2. The molecule has 0 N–H and O–H groups in total. The zero-order valence-corrected chi connectivity index (χ0v) is 13.9. The fraction of sp³-hybridized carbons (Fsp3) is 0.412. The molecule has 0 radical (unpaired) electrons. The second-order valence-corrected chi connectivity index (χ2v) is 6.57. The number of rotatable bonds is 3. The number of carbonyl (C=O) groups excluding carboxylic acids is 1. The maximum absolute atomic E-state index is 13.1. The first kappa shape index (κ1) is 18.0. The SMILES string of the molecule is Cc1cn(-c2cc(CC(=O)OC(C)(C)C)cc(C(F)(F)F)c2)cn1. The number of hydrogen-bond donors (Lipinski definition) is 0. The Morgan fingerprint density at radius 1 is 1.21 bits per heavy atom. The van der Waals surface area contributed by atoms with E-state index in [1.807, 2.05) is 0 Å². The van der Waals surface area contributed by atoms with E-state index in [1.54, 1.807) is 33.9 Å². The summed E-state index contributed by atoms with van der Waals surface area (Å²) in [6.07, 6.45) is -1.69. The fourth-order valence-corrected chi connectivity index (χ4v) is 2.20. The summed E-state index contributed by atoms with van der Waals surface area (Å²) < 4.78 is 46.1. The van der Waals surface area contributed by atoms with Gasteiger partial charge in [0.1, 0.15) is 5.60 Å². The summed E-state index contributed by atoms with van der Waals surface area (Å²) in [5, 5.41) is 0. The van der Waals surface area contributed by atoms with Crippen LogP contribution < -0.4 is 0 Å². The predicted molar refractivity (Wildman–Crippen MR) is 82.9 cm³/mol. The van der Waals surface area contributed by atoms with Crippen molar-refractivity contribution in [1.29, 1.82) is 0 Å². The van der Waals surface area contributed by atoms with Crippen molar-refractivity contribution in [2.45, 2.75) is 45.9 Å². The van der Waals surface area contributed by atoms with Crippen LogP contribution in [0.15, 0.2) is 30.7 Å². The van der Waals surface area contributed by atoms with Crippen molar-refractivity contribution >= 4 is 5.97 Å². The Labute approximate surface area is 138 Å². The van der Waals surface area contributed by atoms with E-state index >= 15 is 0 Å². The monoisotopic (exact) mass is 340 g/mol. The number of esters is 1. The highest BCUT2D eigenvalue weighted by Crippen LogP contribution is 2.32. The van der Waals surface area contributed by atoms with E-state index in [1.165, 1.54) is 17.0 Å². The Bertz CT molecular complexity index is 743. The molecule has 0 fully saturated rings. The third-order valence-electron chi connectivity index (χ3n) is 3.08. The summed E-state index contributed by atoms with van der Waals surface area (Å²) in [5.74, 6) is -0.574. The van der Waals surface area contributed by atoms with E-state index < -0.39 is 23.3 Å². The molecule has 0 atom stereocenters. The van der Waals surface area contributed by atoms with E-state index in [9.17, 15) is 18.0 Å². The molecule has 4 nitrogen and oxygen atoms in total. The molecule has 24 heavy (non-hydrogen) atoms. The van der Waals surface area contributed by atoms with Crippen LogP contribution in [0.2, 0.25) is 0 Å². The van der Waals surface area contributed by atoms with Gasteiger partial charge >= 0.3 is 12.1 Å². The second-order valence-electron chi connectivity index (χ2n) is 6.57. The van der Waals surface area contributed by atoms with Crippen molar-refractivity contribution < 1.29 is 22.7 Å². The Balaban J connectivity index is 2.38. The lowest BCUT2D eigenvalue weighted by Gasteiger charge is -2.20. The van der Waals surface area contributed by atoms with Crippen molar-refractivity contribution in [2.24, 2.45) is 0 Å². The first-order chi connectivity index (χ1) is 10.9. The van der Waals surface area contributed by atoms with Crippen LogP contribution in [0, 0.1) is 6.92 Å². The van der Waals surface area contributed by atoms with E-state index in [2.05, 4.69) is 4.98 Å². The topological polar surface area (TPSA) is 44.1 Å². The summed E-state index contributed by atoms with van der Waals surface area (Å²) in [5.41, 5.74) is -0.293. The smallest absolute Gasteiger partial charge is 0.416 e. The molecule has 0 aliphatic rings. The molecule has 2 aromatic rings. The maximum atomic E-state index is 13.1. The summed E-state index contributed by atoms with van der Waals surface area (Å²) in [7, 11) is 0. The lowest BCUT2D eigenvalue weighted by Crippen LogP contribution is -2.25. The van der Waals surface area contributed by atoms with Crippen LogP contribution in [-0.2, 0) is 22.1 Å². The molecule has 1 aromatic heterocycles. The van der Waals surface area contributed by atoms with Gasteiger partial charge in [-0.1, -0.05) is 0 Å². The third kappa shape index (κ3) is 4.84. The molecule has 1 heterocycles. The van der Waals surface area contributed by atoms with E-state index in [0.717, 1.165) is 12.1 Å². The van der Waals surface area contributed by atoms with Crippen molar-refractivity contribution in [3.05, 3.63) is 47.5 Å². The van der Waals surface area contributed by atoms with Gasteiger partial charge in [0.2, 0.25) is 0 Å². The lowest BCUT2D eigenvalue weighted by atomic mass is 10.1. The van der Waals surface area contributed by atoms with Crippen LogP contribution in [-0.4, -0.2) is 21.1 Å². The number of benzene rings is 1. The number of alkyl halides is 3. The maximum Gasteiger partial charge on any atom is 0.416 e. The number of hydrogen-bond acceptors (Lipinski definition) is 3. The minimum Gasteiger partial charge on any atom is -0.460 e. The molecule has 0 saturated carbocycles. The molecular formula is C17H19F3N2O2. The summed E-state index contributed by atoms with van der Waals surface area (Å²) in [6, 6.07) is 3.52. The molecule has 0 aliphatic carbocycles. The largest absolute Gasteiger partial charge is 0.460 e. The van der Waals surface area contributed by atoms with Crippen LogP contribution in [0.3, 0.4) is 0 Å². The third-order valence-corrected chi connectivity index (χ3v) is 3.08. The fourth-order valence-electron chi connectivity index (χ4n) is 2.20. The molecule has 0 unspecified atom stereocenters. The van der Waals surface area contributed by atoms with Crippen LogP contribution in [0.25, 0.3) is 5.69 Å². The molecule has 0 amide bonds. The molecule has 130 valence electrons. The van der Waals surface area contributed by atoms with Crippen molar-refractivity contribution in [3.63, 3.8) is 0 Å². The number of imidazole rings is 1. The van der Waals surface area contributed by atoms with Gasteiger partial charge in [-0.2, -0.15) is 13.2 Å². The molecule has 0 aliphatic heterocycles. The van der Waals surface area contributed by atoms with Gasteiger partial charge in [0.25, 0.3) is 0 Å². The van der Waals surface area contributed by atoms with Crippen LogP contribution in [0.4, 0.5) is 13.2 Å². The quantitative estimate of drug-likeness (QED) is 0.791. The van der Waals surface area contributed by atoms with Crippen LogP contribution >= 0.6 is 0 Å². The van der Waals surface area contributed by atoms with Gasteiger partial charge in [-0.15, -0.1) is 0 Å². The van der Waals surface area contributed by atoms with Crippen LogP contribution in [0.5, 0.6) is 0 Å². The lowest BCUT2D eigenvalue weighted by molar-refractivity contribution is -0.154. The minimum atomic E-state index is -4.51.